The second-order valence-electron chi connectivity index (χ2n) is 5.17. The molecule has 96 valence electrons. The minimum Gasteiger partial charge on any atom is -0.258 e. The van der Waals surface area contributed by atoms with Gasteiger partial charge < -0.3 is 0 Å². The second kappa shape index (κ2) is 5.99. The van der Waals surface area contributed by atoms with E-state index >= 15 is 0 Å². The number of aromatic nitrogens is 1. The van der Waals surface area contributed by atoms with Crippen molar-refractivity contribution < 1.29 is 0 Å². The molecule has 0 atom stereocenters. The molecule has 0 aromatic carbocycles. The van der Waals surface area contributed by atoms with Crippen molar-refractivity contribution in [2.24, 2.45) is 0 Å². The summed E-state index contributed by atoms with van der Waals surface area (Å²) in [5.74, 6) is 0. The largest absolute Gasteiger partial charge is 0.258 e. The van der Waals surface area contributed by atoms with E-state index in [0.29, 0.717) is 0 Å². The smallest absolute Gasteiger partial charge is 0.0439 e. The molecular weight excluding hydrogens is 218 g/mol. The van der Waals surface area contributed by atoms with E-state index in [0.717, 1.165) is 19.3 Å². The average Bonchev–Trinajstić information content (AvgIpc) is 2.39. The van der Waals surface area contributed by atoms with Crippen LogP contribution in [0.15, 0.2) is 35.4 Å². The van der Waals surface area contributed by atoms with Gasteiger partial charge in [0, 0.05) is 11.4 Å². The highest BCUT2D eigenvalue weighted by Gasteiger charge is 2.07. The molecule has 0 aliphatic heterocycles. The highest BCUT2D eigenvalue weighted by molar-refractivity contribution is 5.30. The summed E-state index contributed by atoms with van der Waals surface area (Å²) in [5, 5.41) is 0. The molecule has 0 saturated carbocycles. The molecule has 1 aliphatic rings. The number of hydrogen-bond donors (Lipinski definition) is 0. The summed E-state index contributed by atoms with van der Waals surface area (Å²) in [7, 11) is 0. The van der Waals surface area contributed by atoms with E-state index in [9.17, 15) is 0 Å². The first-order valence-electron chi connectivity index (χ1n) is 7.01. The van der Waals surface area contributed by atoms with E-state index in [4.69, 9.17) is 4.98 Å². The van der Waals surface area contributed by atoms with Gasteiger partial charge in [-0.1, -0.05) is 30.7 Å². The van der Waals surface area contributed by atoms with Crippen molar-refractivity contribution in [2.75, 3.05) is 0 Å². The fourth-order valence-corrected chi connectivity index (χ4v) is 2.44. The van der Waals surface area contributed by atoms with Crippen molar-refractivity contribution in [1.29, 1.82) is 0 Å². The van der Waals surface area contributed by atoms with Crippen LogP contribution in [-0.4, -0.2) is 4.98 Å². The van der Waals surface area contributed by atoms with Crippen LogP contribution in [0.3, 0.4) is 0 Å². The average molecular weight is 241 g/mol. The van der Waals surface area contributed by atoms with Crippen LogP contribution in [0.25, 0.3) is 0 Å². The van der Waals surface area contributed by atoms with Crippen LogP contribution in [0.2, 0.25) is 0 Å². The topological polar surface area (TPSA) is 12.9 Å². The van der Waals surface area contributed by atoms with Crippen LogP contribution in [0.1, 0.15) is 50.1 Å². The maximum Gasteiger partial charge on any atom is 0.0439 e. The lowest BCUT2D eigenvalue weighted by atomic mass is 9.94. The molecule has 0 amide bonds. The van der Waals surface area contributed by atoms with Crippen molar-refractivity contribution >= 4 is 0 Å². The van der Waals surface area contributed by atoms with Crippen molar-refractivity contribution in [3.8, 4) is 0 Å². The first-order valence-corrected chi connectivity index (χ1v) is 7.01. The Balaban J connectivity index is 2.08. The zero-order chi connectivity index (χ0) is 13.0. The molecule has 0 N–H and O–H groups in total. The molecule has 1 heterocycles. The number of pyridine rings is 1. The molecule has 1 aliphatic carbocycles. The molecule has 0 radical (unpaired) electrons. The molecule has 18 heavy (non-hydrogen) atoms. The van der Waals surface area contributed by atoms with Crippen LogP contribution >= 0.6 is 0 Å². The van der Waals surface area contributed by atoms with Gasteiger partial charge in [-0.15, -0.1) is 0 Å². The lowest BCUT2D eigenvalue weighted by Crippen LogP contribution is -2.00. The van der Waals surface area contributed by atoms with Crippen LogP contribution in [0, 0.1) is 6.92 Å². The summed E-state index contributed by atoms with van der Waals surface area (Å²) in [6, 6.07) is 4.35. The monoisotopic (exact) mass is 241 g/mol. The number of hydrogen-bond acceptors (Lipinski definition) is 1. The van der Waals surface area contributed by atoms with E-state index < -0.39 is 0 Å². The zero-order valence-electron chi connectivity index (χ0n) is 11.8. The van der Waals surface area contributed by atoms with Crippen molar-refractivity contribution in [3.05, 3.63) is 52.4 Å². The summed E-state index contributed by atoms with van der Waals surface area (Å²) >= 11 is 0. The van der Waals surface area contributed by atoms with Crippen LogP contribution in [-0.2, 0) is 12.8 Å². The van der Waals surface area contributed by atoms with Gasteiger partial charge >= 0.3 is 0 Å². The minimum atomic E-state index is 1.02. The van der Waals surface area contributed by atoms with E-state index in [2.05, 4.69) is 45.1 Å². The molecule has 0 saturated heterocycles. The summed E-state index contributed by atoms with van der Waals surface area (Å²) in [4.78, 5) is 4.75. The number of aryl methyl sites for hydroxylation is 3. The van der Waals surface area contributed by atoms with Gasteiger partial charge in [0.15, 0.2) is 0 Å². The quantitative estimate of drug-likeness (QED) is 0.753. The predicted octanol–water partition coefficient (Wildman–Crippen LogP) is 4.55. The fraction of sp³-hybridized carbons (Fsp3) is 0.471. The summed E-state index contributed by atoms with van der Waals surface area (Å²) in [6.07, 6.45) is 10.3. The van der Waals surface area contributed by atoms with Crippen LogP contribution in [0.4, 0.5) is 0 Å². The third kappa shape index (κ3) is 3.10. The highest BCUT2D eigenvalue weighted by atomic mass is 14.7. The normalized spacial score (nSPS) is 15.3. The molecule has 1 nitrogen and oxygen atoms in total. The first-order chi connectivity index (χ1) is 8.70. The first kappa shape index (κ1) is 13.1. The van der Waals surface area contributed by atoms with Crippen molar-refractivity contribution in [2.45, 2.75) is 52.9 Å². The van der Waals surface area contributed by atoms with E-state index in [1.807, 2.05) is 0 Å². The van der Waals surface area contributed by atoms with Crippen LogP contribution in [0.5, 0.6) is 0 Å². The molecule has 0 unspecified atom stereocenters. The Morgan fingerprint density at radius 2 is 2.00 bits per heavy atom. The Hall–Kier alpha value is -1.37. The number of rotatable bonds is 4. The Morgan fingerprint density at radius 1 is 1.17 bits per heavy atom. The third-order valence-electron chi connectivity index (χ3n) is 3.81. The maximum absolute atomic E-state index is 4.75. The van der Waals surface area contributed by atoms with Gasteiger partial charge in [0.2, 0.25) is 0 Å². The van der Waals surface area contributed by atoms with Gasteiger partial charge in [-0.25, -0.2) is 0 Å². The van der Waals surface area contributed by atoms with Crippen molar-refractivity contribution in [1.82, 2.24) is 4.98 Å². The zero-order valence-corrected chi connectivity index (χ0v) is 11.8. The molecule has 0 fully saturated rings. The van der Waals surface area contributed by atoms with Gasteiger partial charge in [0.1, 0.15) is 0 Å². The second-order valence-corrected chi connectivity index (χ2v) is 5.17. The lowest BCUT2D eigenvalue weighted by Gasteiger charge is -2.13. The predicted molar refractivity (Wildman–Crippen MR) is 77.7 cm³/mol. The lowest BCUT2D eigenvalue weighted by molar-refractivity contribution is 0.840. The molecular formula is C17H23N. The Bertz CT molecular complexity index is 480. The van der Waals surface area contributed by atoms with Gasteiger partial charge in [0.05, 0.1) is 0 Å². The van der Waals surface area contributed by atoms with Gasteiger partial charge in [-0.3, -0.25) is 4.98 Å². The molecule has 1 aromatic heterocycles. The fourth-order valence-electron chi connectivity index (χ4n) is 2.44. The third-order valence-corrected chi connectivity index (χ3v) is 3.81. The standard InChI is InChI=1S/C17H23N/c1-4-16-11-9-14(3)17(18-16)12-10-15-8-6-5-7-13(15)2/h6,8-9,11H,4-5,7,10,12H2,1-3H3. The maximum atomic E-state index is 4.75. The number of nitrogens with zero attached hydrogens (tertiary/aromatic N) is 1. The number of allylic oxidation sites excluding steroid dienone is 4. The highest BCUT2D eigenvalue weighted by Crippen LogP contribution is 2.22. The van der Waals surface area contributed by atoms with E-state index in [1.165, 1.54) is 35.4 Å². The minimum absolute atomic E-state index is 1.02. The van der Waals surface area contributed by atoms with Crippen molar-refractivity contribution in [3.63, 3.8) is 0 Å². The Labute approximate surface area is 111 Å². The SMILES string of the molecule is CCc1ccc(C)c(CCC2=C(C)CCC=C2)n1. The molecule has 1 heteroatoms. The van der Waals surface area contributed by atoms with Gasteiger partial charge in [0.25, 0.3) is 0 Å². The van der Waals surface area contributed by atoms with Gasteiger partial charge in [-0.05, 0) is 63.2 Å². The summed E-state index contributed by atoms with van der Waals surface area (Å²) in [6.45, 7) is 6.60. The molecule has 1 aromatic rings. The molecule has 0 spiro atoms. The Kier molecular flexibility index (Phi) is 4.35. The van der Waals surface area contributed by atoms with Crippen LogP contribution < -0.4 is 0 Å². The van der Waals surface area contributed by atoms with Gasteiger partial charge in [-0.2, -0.15) is 0 Å². The molecule has 0 bridgehead atoms. The summed E-state index contributed by atoms with van der Waals surface area (Å²) in [5.41, 5.74) is 6.88. The van der Waals surface area contributed by atoms with E-state index in [1.54, 1.807) is 5.57 Å². The molecule has 2 rings (SSSR count). The Morgan fingerprint density at radius 3 is 2.72 bits per heavy atom. The summed E-state index contributed by atoms with van der Waals surface area (Å²) < 4.78 is 0. The van der Waals surface area contributed by atoms with E-state index in [-0.39, 0.29) is 0 Å².